The van der Waals surface area contributed by atoms with Crippen molar-refractivity contribution in [1.29, 1.82) is 0 Å². The molecule has 2 aromatic carbocycles. The number of hydrogen-bond donors (Lipinski definition) is 4. The lowest BCUT2D eigenvalue weighted by atomic mass is 9.91. The van der Waals surface area contributed by atoms with Gasteiger partial charge in [-0.15, -0.1) is 0 Å². The third-order valence-corrected chi connectivity index (χ3v) is 17.6. The van der Waals surface area contributed by atoms with E-state index in [1.54, 1.807) is 29.2 Å². The van der Waals surface area contributed by atoms with Crippen LogP contribution >= 0.6 is 0 Å². The highest BCUT2D eigenvalue weighted by Gasteiger charge is 2.42. The van der Waals surface area contributed by atoms with Crippen molar-refractivity contribution in [3.8, 4) is 0 Å². The van der Waals surface area contributed by atoms with Gasteiger partial charge in [0.15, 0.2) is 0 Å². The molecule has 0 spiro atoms. The highest BCUT2D eigenvalue weighted by Crippen LogP contribution is 2.39. The van der Waals surface area contributed by atoms with Gasteiger partial charge in [-0.3, -0.25) is 48.4 Å². The van der Waals surface area contributed by atoms with Crippen LogP contribution < -0.4 is 31.6 Å². The Morgan fingerprint density at radius 2 is 1.11 bits per heavy atom. The minimum absolute atomic E-state index is 0.0114. The number of benzene rings is 2. The van der Waals surface area contributed by atoms with Crippen LogP contribution in [0.3, 0.4) is 0 Å². The van der Waals surface area contributed by atoms with Crippen LogP contribution in [0.4, 0.5) is 20.2 Å². The Balaban J connectivity index is 0.656. The van der Waals surface area contributed by atoms with Gasteiger partial charge in [-0.2, -0.15) is 0 Å². The fraction of sp³-hybridized carbons (Fsp3) is 0.567. The monoisotopic (exact) mass is 1100 g/mol. The number of rotatable bonds is 16. The third kappa shape index (κ3) is 13.3. The Kier molecular flexibility index (Phi) is 17.5. The van der Waals surface area contributed by atoms with E-state index < -0.39 is 5.41 Å². The van der Waals surface area contributed by atoms with Gasteiger partial charge in [0, 0.05) is 188 Å². The molecule has 0 radical (unpaired) electrons. The van der Waals surface area contributed by atoms with Crippen LogP contribution in [0.25, 0.3) is 0 Å². The standard InChI is InChI=1S/C60H80F2N12O6/c1-39-31-71(36-55(77)73-18-17-50-51(73)27-44(58(79)65-50)25-42-9-13-46(61)14-10-42)48(29-63-39)34-67-19-21-68(22-20-67)53(75)7-6-8-54(76)70-24-23-69(41(3)33-70)35-49-30-64-40(2)32-72(49)37-56(78)74-38-60(4,5)57-52(74)28-45(59(80)66-57)26-43-11-15-47(62)16-12-43/h9-16,27-28,39-41,48-49,63-64H,6-8,17-26,29-38H2,1-5H3,(H,65,79)(H,66,80)/t39-,40-,41-,48-,49-/m1/s1. The molecule has 4 saturated heterocycles. The topological polar surface area (TPSA) is 184 Å². The molecule has 6 aliphatic heterocycles. The molecule has 8 heterocycles. The van der Waals surface area contributed by atoms with Crippen molar-refractivity contribution in [2.45, 2.75) is 109 Å². The fourth-order valence-corrected chi connectivity index (χ4v) is 12.9. The molecule has 0 aliphatic carbocycles. The second kappa shape index (κ2) is 24.5. The van der Waals surface area contributed by atoms with Crippen molar-refractivity contribution in [2.24, 2.45) is 0 Å². The summed E-state index contributed by atoms with van der Waals surface area (Å²) in [5.74, 6) is -0.567. The third-order valence-electron chi connectivity index (χ3n) is 17.6. The minimum Gasteiger partial charge on any atom is -0.340 e. The SMILES string of the molecule is C[C@@H]1CN(CC(=O)N2CCc3[nH]c(=O)c(Cc4ccc(F)cc4)cc32)[C@@H](CN2CCN(C(=O)CCCC(=O)N3CCN(C[C@H]4CN[C@H](C)CN4CC(=O)N4CC(C)(C)c5[nH]c(=O)c(Cc6ccc(F)cc6)cc54)[C@H](C)C3)CC2)CN1. The average Bonchev–Trinajstić information content (AvgIpc) is 4.13. The number of halogens is 2. The summed E-state index contributed by atoms with van der Waals surface area (Å²) in [4.78, 5) is 105. The summed E-state index contributed by atoms with van der Waals surface area (Å²) in [6, 6.07) is 16.6. The van der Waals surface area contributed by atoms with Crippen molar-refractivity contribution in [1.82, 2.24) is 50.0 Å². The molecule has 0 bridgehead atoms. The maximum Gasteiger partial charge on any atom is 0.251 e. The Hall–Kier alpha value is -6.16. The van der Waals surface area contributed by atoms with Gasteiger partial charge in [-0.1, -0.05) is 38.1 Å². The number of hydrogen-bond acceptors (Lipinski definition) is 12. The van der Waals surface area contributed by atoms with Gasteiger partial charge in [-0.25, -0.2) is 8.78 Å². The first-order valence-electron chi connectivity index (χ1n) is 28.9. The molecular weight excluding hydrogens is 1020 g/mol. The molecule has 2 aromatic heterocycles. The fourth-order valence-electron chi connectivity index (χ4n) is 12.9. The van der Waals surface area contributed by atoms with Gasteiger partial charge in [0.1, 0.15) is 11.6 Å². The van der Waals surface area contributed by atoms with Crippen LogP contribution in [0.1, 0.15) is 87.5 Å². The number of nitrogens with one attached hydrogen (secondary N) is 4. The normalized spacial score (nSPS) is 23.8. The molecule has 20 heteroatoms. The van der Waals surface area contributed by atoms with Crippen molar-refractivity contribution in [3.63, 3.8) is 0 Å². The van der Waals surface area contributed by atoms with Crippen LogP contribution in [-0.2, 0) is 43.9 Å². The second-order valence-electron chi connectivity index (χ2n) is 24.1. The first-order valence-corrected chi connectivity index (χ1v) is 28.9. The van der Waals surface area contributed by atoms with E-state index in [0.29, 0.717) is 102 Å². The van der Waals surface area contributed by atoms with Crippen molar-refractivity contribution < 1.29 is 28.0 Å². The number of fused-ring (bicyclic) bond motifs is 2. The Bertz CT molecular complexity index is 3020. The first-order chi connectivity index (χ1) is 38.3. The summed E-state index contributed by atoms with van der Waals surface area (Å²) in [5, 5.41) is 7.22. The van der Waals surface area contributed by atoms with Gasteiger partial charge in [0.25, 0.3) is 11.1 Å². The van der Waals surface area contributed by atoms with Gasteiger partial charge in [-0.05, 0) is 74.7 Å². The predicted octanol–water partition coefficient (Wildman–Crippen LogP) is 2.91. The van der Waals surface area contributed by atoms with Crippen molar-refractivity contribution in [2.75, 3.05) is 121 Å². The number of aromatic amines is 2. The summed E-state index contributed by atoms with van der Waals surface area (Å²) in [7, 11) is 0. The summed E-state index contributed by atoms with van der Waals surface area (Å²) in [6.45, 7) is 20.9. The van der Waals surface area contributed by atoms with Crippen LogP contribution in [0, 0.1) is 11.6 Å². The minimum atomic E-state index is -0.449. The number of pyridine rings is 2. The molecule has 4 aromatic rings. The highest BCUT2D eigenvalue weighted by molar-refractivity contribution is 5.98. The lowest BCUT2D eigenvalue weighted by Crippen LogP contribution is -2.63. The molecule has 10 rings (SSSR count). The number of amides is 4. The summed E-state index contributed by atoms with van der Waals surface area (Å²) in [5.41, 5.74) is 4.80. The molecule has 4 N–H and O–H groups in total. The molecule has 6 aliphatic rings. The van der Waals surface area contributed by atoms with E-state index in [9.17, 15) is 37.5 Å². The molecule has 430 valence electrons. The Morgan fingerprint density at radius 1 is 0.588 bits per heavy atom. The average molecular weight is 1100 g/mol. The van der Waals surface area contributed by atoms with Gasteiger partial charge in [0.05, 0.1) is 24.5 Å². The molecule has 4 fully saturated rings. The zero-order chi connectivity index (χ0) is 56.4. The van der Waals surface area contributed by atoms with Gasteiger partial charge in [0.2, 0.25) is 23.6 Å². The zero-order valence-corrected chi connectivity index (χ0v) is 47.2. The lowest BCUT2D eigenvalue weighted by Gasteiger charge is -2.45. The molecule has 0 unspecified atom stereocenters. The second-order valence-corrected chi connectivity index (χ2v) is 24.1. The Morgan fingerprint density at radius 3 is 1.70 bits per heavy atom. The van der Waals surface area contributed by atoms with Crippen LogP contribution in [0.5, 0.6) is 0 Å². The van der Waals surface area contributed by atoms with E-state index in [1.165, 1.54) is 24.3 Å². The van der Waals surface area contributed by atoms with E-state index in [0.717, 1.165) is 79.7 Å². The number of H-pyrrole nitrogens is 2. The molecule has 18 nitrogen and oxygen atoms in total. The number of carbonyl (C=O) groups is 4. The Labute approximate surface area is 467 Å². The maximum atomic E-state index is 14.4. The number of piperazine rings is 4. The van der Waals surface area contributed by atoms with E-state index in [1.807, 2.05) is 40.7 Å². The molecule has 5 atom stereocenters. The van der Waals surface area contributed by atoms with Gasteiger partial charge >= 0.3 is 0 Å². The van der Waals surface area contributed by atoms with E-state index in [4.69, 9.17) is 0 Å². The highest BCUT2D eigenvalue weighted by atomic mass is 19.1. The summed E-state index contributed by atoms with van der Waals surface area (Å²) >= 11 is 0. The quantitative estimate of drug-likeness (QED) is 0.129. The van der Waals surface area contributed by atoms with Crippen LogP contribution in [0.2, 0.25) is 0 Å². The molecule has 4 amide bonds. The van der Waals surface area contributed by atoms with E-state index >= 15 is 0 Å². The number of aromatic nitrogens is 2. The maximum absolute atomic E-state index is 14.4. The van der Waals surface area contributed by atoms with E-state index in [2.05, 4.69) is 61.0 Å². The smallest absolute Gasteiger partial charge is 0.251 e. The summed E-state index contributed by atoms with van der Waals surface area (Å²) in [6.07, 6.45) is 2.36. The van der Waals surface area contributed by atoms with Gasteiger partial charge < -0.3 is 40.2 Å². The first kappa shape index (κ1) is 57.1. The largest absolute Gasteiger partial charge is 0.340 e. The van der Waals surface area contributed by atoms with Crippen LogP contribution in [-0.4, -0.2) is 204 Å². The summed E-state index contributed by atoms with van der Waals surface area (Å²) < 4.78 is 27.2. The number of carbonyl (C=O) groups excluding carboxylic acids is 4. The number of anilines is 2. The van der Waals surface area contributed by atoms with E-state index in [-0.39, 0.29) is 89.7 Å². The molecule has 0 saturated carbocycles. The molecular formula is C60H80F2N12O6. The van der Waals surface area contributed by atoms with Crippen molar-refractivity contribution in [3.05, 3.63) is 127 Å². The molecule has 80 heavy (non-hydrogen) atoms. The zero-order valence-electron chi connectivity index (χ0n) is 47.2. The predicted molar refractivity (Wildman–Crippen MR) is 304 cm³/mol. The number of nitrogens with zero attached hydrogens (tertiary/aromatic N) is 8. The van der Waals surface area contributed by atoms with Crippen LogP contribution in [0.15, 0.2) is 70.3 Å². The lowest BCUT2D eigenvalue weighted by molar-refractivity contribution is -0.135. The van der Waals surface area contributed by atoms with Crippen molar-refractivity contribution >= 4 is 35.0 Å².